The first kappa shape index (κ1) is 22.2. The Morgan fingerprint density at radius 3 is 2.61 bits per heavy atom. The molecule has 2 aromatic rings. The zero-order valence-corrected chi connectivity index (χ0v) is 17.4. The number of benzene rings is 2. The number of carbonyl (C=O) groups excluding carboxylic acids is 1. The van der Waals surface area contributed by atoms with Crippen LogP contribution in [0.15, 0.2) is 53.4 Å². The monoisotopic (exact) mass is 423 g/mol. The van der Waals surface area contributed by atoms with E-state index in [0.29, 0.717) is 30.9 Å². The molecule has 6 nitrogen and oxygen atoms in total. The molecule has 1 aliphatic rings. The molecule has 2 aromatic carbocycles. The van der Waals surface area contributed by atoms with Crippen LogP contribution in [0.2, 0.25) is 0 Å². The van der Waals surface area contributed by atoms with Crippen LogP contribution in [-0.4, -0.2) is 38.9 Å². The number of carbonyl (C=O) groups is 1. The van der Waals surface area contributed by atoms with Crippen molar-refractivity contribution in [2.24, 2.45) is 5.92 Å². The molecule has 1 aliphatic heterocycles. The number of anilines is 1. The lowest BCUT2D eigenvalue weighted by Gasteiger charge is -2.33. The number of piperidine rings is 1. The summed E-state index contributed by atoms with van der Waals surface area (Å²) in [6, 6.07) is 13.7. The second-order valence-electron chi connectivity index (χ2n) is 7.05. The van der Waals surface area contributed by atoms with Gasteiger partial charge in [-0.3, -0.25) is 4.79 Å². The van der Waals surface area contributed by atoms with Crippen LogP contribution in [0.5, 0.6) is 0 Å². The van der Waals surface area contributed by atoms with Gasteiger partial charge in [0.25, 0.3) is 5.91 Å². The van der Waals surface area contributed by atoms with E-state index in [0.717, 1.165) is 18.4 Å². The number of nitrogens with one attached hydrogen (secondary N) is 1. The van der Waals surface area contributed by atoms with Crippen molar-refractivity contribution in [2.45, 2.75) is 24.7 Å². The fourth-order valence-corrected chi connectivity index (χ4v) is 4.41. The van der Waals surface area contributed by atoms with Crippen molar-refractivity contribution in [1.29, 1.82) is 0 Å². The largest absolute Gasteiger partial charge is 0.399 e. The van der Waals surface area contributed by atoms with E-state index in [9.17, 15) is 13.2 Å². The maximum atomic E-state index is 12.7. The van der Waals surface area contributed by atoms with Gasteiger partial charge in [0.15, 0.2) is 0 Å². The van der Waals surface area contributed by atoms with E-state index < -0.39 is 10.0 Å². The van der Waals surface area contributed by atoms with Crippen LogP contribution in [0.1, 0.15) is 28.8 Å². The number of nitrogens with zero attached hydrogens (tertiary/aromatic N) is 1. The average Bonchev–Trinajstić information content (AvgIpc) is 2.66. The van der Waals surface area contributed by atoms with Crippen molar-refractivity contribution in [2.75, 3.05) is 25.4 Å². The van der Waals surface area contributed by atoms with E-state index >= 15 is 0 Å². The molecule has 1 unspecified atom stereocenters. The Morgan fingerprint density at radius 1 is 1.21 bits per heavy atom. The maximum absolute atomic E-state index is 12.7. The second kappa shape index (κ2) is 9.41. The molecule has 0 bridgehead atoms. The third-order valence-corrected chi connectivity index (χ3v) is 6.27. The van der Waals surface area contributed by atoms with E-state index in [2.05, 4.69) is 4.72 Å². The van der Waals surface area contributed by atoms with E-state index in [1.54, 1.807) is 53.4 Å². The molecule has 0 saturated carbocycles. The van der Waals surface area contributed by atoms with Crippen molar-refractivity contribution < 1.29 is 13.2 Å². The highest BCUT2D eigenvalue weighted by molar-refractivity contribution is 7.89. The fraction of sp³-hybridized carbons (Fsp3) is 0.350. The van der Waals surface area contributed by atoms with Crippen molar-refractivity contribution in [1.82, 2.24) is 9.62 Å². The van der Waals surface area contributed by atoms with E-state index in [4.69, 9.17) is 5.73 Å². The van der Waals surface area contributed by atoms with Crippen LogP contribution in [-0.2, 0) is 10.0 Å². The summed E-state index contributed by atoms with van der Waals surface area (Å²) in [5, 5.41) is 0. The van der Waals surface area contributed by atoms with Crippen molar-refractivity contribution in [3.63, 3.8) is 0 Å². The normalized spacial score (nSPS) is 17.0. The van der Waals surface area contributed by atoms with Crippen LogP contribution in [0.4, 0.5) is 5.69 Å². The van der Waals surface area contributed by atoms with Crippen molar-refractivity contribution >= 4 is 34.0 Å². The molecule has 0 radical (unpaired) electrons. The minimum absolute atomic E-state index is 0. The molecular formula is C20H26ClN3O3S. The maximum Gasteiger partial charge on any atom is 0.253 e. The number of hydrogen-bond acceptors (Lipinski definition) is 4. The lowest BCUT2D eigenvalue weighted by atomic mass is 9.97. The lowest BCUT2D eigenvalue weighted by molar-refractivity contribution is 0.0676. The number of rotatable bonds is 5. The molecule has 3 N–H and O–H groups in total. The number of hydrogen-bond donors (Lipinski definition) is 2. The lowest BCUT2D eigenvalue weighted by Crippen LogP contribution is -2.43. The molecular weight excluding hydrogens is 398 g/mol. The van der Waals surface area contributed by atoms with Gasteiger partial charge in [0, 0.05) is 30.9 Å². The van der Waals surface area contributed by atoms with Crippen LogP contribution in [0, 0.1) is 12.8 Å². The van der Waals surface area contributed by atoms with Crippen LogP contribution in [0.3, 0.4) is 0 Å². The molecule has 0 aliphatic carbocycles. The highest BCUT2D eigenvalue weighted by Gasteiger charge is 2.26. The first-order chi connectivity index (χ1) is 12.8. The van der Waals surface area contributed by atoms with Gasteiger partial charge in [-0.25, -0.2) is 13.1 Å². The van der Waals surface area contributed by atoms with Gasteiger partial charge in [-0.1, -0.05) is 23.8 Å². The van der Waals surface area contributed by atoms with Crippen LogP contribution >= 0.6 is 12.4 Å². The van der Waals surface area contributed by atoms with Gasteiger partial charge in [0.05, 0.1) is 4.90 Å². The molecule has 1 heterocycles. The summed E-state index contributed by atoms with van der Waals surface area (Å²) in [6.45, 7) is 3.44. The predicted molar refractivity (Wildman–Crippen MR) is 113 cm³/mol. The number of likely N-dealkylation sites (tertiary alicyclic amines) is 1. The van der Waals surface area contributed by atoms with Gasteiger partial charge < -0.3 is 10.6 Å². The molecule has 1 atom stereocenters. The number of aryl methyl sites for hydroxylation is 1. The summed E-state index contributed by atoms with van der Waals surface area (Å²) in [5.74, 6) is 0.0253. The number of nitrogens with two attached hydrogens (primary N) is 1. The molecule has 3 rings (SSSR count). The fourth-order valence-electron chi connectivity index (χ4n) is 3.30. The topological polar surface area (TPSA) is 92.5 Å². The predicted octanol–water partition coefficient (Wildman–Crippen LogP) is 2.83. The van der Waals surface area contributed by atoms with E-state index in [-0.39, 0.29) is 29.1 Å². The molecule has 28 heavy (non-hydrogen) atoms. The third kappa shape index (κ3) is 5.47. The van der Waals surface area contributed by atoms with Crippen molar-refractivity contribution in [3.05, 3.63) is 59.7 Å². The minimum atomic E-state index is -3.54. The zero-order chi connectivity index (χ0) is 19.4. The molecule has 8 heteroatoms. The average molecular weight is 424 g/mol. The number of amides is 1. The highest BCUT2D eigenvalue weighted by Crippen LogP contribution is 2.20. The summed E-state index contributed by atoms with van der Waals surface area (Å²) < 4.78 is 27.6. The number of halogens is 1. The Morgan fingerprint density at radius 2 is 1.93 bits per heavy atom. The second-order valence-corrected chi connectivity index (χ2v) is 8.82. The zero-order valence-electron chi connectivity index (χ0n) is 15.8. The molecule has 152 valence electrons. The highest BCUT2D eigenvalue weighted by atomic mass is 35.5. The first-order valence-electron chi connectivity index (χ1n) is 9.06. The molecule has 0 spiro atoms. The Labute approximate surface area is 172 Å². The Kier molecular flexibility index (Phi) is 7.46. The minimum Gasteiger partial charge on any atom is -0.399 e. The Hall–Kier alpha value is -2.09. The van der Waals surface area contributed by atoms with Gasteiger partial charge in [0.2, 0.25) is 10.0 Å². The number of nitrogen functional groups attached to an aromatic ring is 1. The van der Waals surface area contributed by atoms with E-state index in [1.807, 2.05) is 6.92 Å². The summed E-state index contributed by atoms with van der Waals surface area (Å²) in [6.07, 6.45) is 1.74. The smallest absolute Gasteiger partial charge is 0.253 e. The summed E-state index contributed by atoms with van der Waals surface area (Å²) in [7, 11) is -3.54. The van der Waals surface area contributed by atoms with Crippen LogP contribution in [0.25, 0.3) is 0 Å². The molecule has 1 amide bonds. The SMILES string of the molecule is Cc1ccc(S(=O)(=O)NCC2CCCN(C(=O)c3cccc(N)c3)C2)cc1.Cl. The quantitative estimate of drug-likeness (QED) is 0.723. The summed E-state index contributed by atoms with van der Waals surface area (Å²) in [5.41, 5.74) is 7.90. The summed E-state index contributed by atoms with van der Waals surface area (Å²) in [4.78, 5) is 14.7. The third-order valence-electron chi connectivity index (χ3n) is 4.83. The van der Waals surface area contributed by atoms with Crippen molar-refractivity contribution in [3.8, 4) is 0 Å². The van der Waals surface area contributed by atoms with Gasteiger partial charge in [-0.2, -0.15) is 0 Å². The summed E-state index contributed by atoms with van der Waals surface area (Å²) >= 11 is 0. The molecule has 0 aromatic heterocycles. The first-order valence-corrected chi connectivity index (χ1v) is 10.5. The van der Waals surface area contributed by atoms with E-state index in [1.165, 1.54) is 0 Å². The standard InChI is InChI=1S/C20H25N3O3S.ClH/c1-15-7-9-19(10-8-15)27(25,26)22-13-16-4-3-11-23(14-16)20(24)17-5-2-6-18(21)12-17;/h2,5-10,12,16,22H,3-4,11,13-14,21H2,1H3;1H. The number of sulfonamides is 1. The van der Waals surface area contributed by atoms with Gasteiger partial charge >= 0.3 is 0 Å². The molecule has 1 fully saturated rings. The Balaban J connectivity index is 0.00000280. The van der Waals surface area contributed by atoms with Gasteiger partial charge in [-0.05, 0) is 56.0 Å². The van der Waals surface area contributed by atoms with Gasteiger partial charge in [0.1, 0.15) is 0 Å². The molecule has 1 saturated heterocycles. The van der Waals surface area contributed by atoms with Crippen LogP contribution < -0.4 is 10.5 Å². The van der Waals surface area contributed by atoms with Gasteiger partial charge in [-0.15, -0.1) is 12.4 Å². The Bertz CT molecular complexity index is 917.